The minimum Gasteiger partial charge on any atom is -0.478 e. The molecule has 0 aliphatic carbocycles. The quantitative estimate of drug-likeness (QED) is 0.267. The van der Waals surface area contributed by atoms with Crippen molar-refractivity contribution in [3.8, 4) is 11.4 Å². The number of aromatic nitrogens is 2. The van der Waals surface area contributed by atoms with Gasteiger partial charge in [-0.05, 0) is 75.7 Å². The minimum absolute atomic E-state index is 0.0164. The maximum atomic E-state index is 14.1. The van der Waals surface area contributed by atoms with E-state index in [-0.39, 0.29) is 22.9 Å². The van der Waals surface area contributed by atoms with E-state index in [9.17, 15) is 19.5 Å². The largest absolute Gasteiger partial charge is 0.478 e. The highest BCUT2D eigenvalue weighted by atomic mass is 16.4. The van der Waals surface area contributed by atoms with E-state index in [1.807, 2.05) is 23.6 Å². The molecule has 1 aromatic heterocycles. The van der Waals surface area contributed by atoms with Crippen molar-refractivity contribution in [1.82, 2.24) is 24.3 Å². The molecule has 9 nitrogen and oxygen atoms in total. The maximum absolute atomic E-state index is 14.1. The molecule has 1 aliphatic heterocycles. The lowest BCUT2D eigenvalue weighted by molar-refractivity contribution is 0.0695. The van der Waals surface area contributed by atoms with Gasteiger partial charge in [0, 0.05) is 44.5 Å². The summed E-state index contributed by atoms with van der Waals surface area (Å²) >= 11 is 0. The summed E-state index contributed by atoms with van der Waals surface area (Å²) < 4.78 is 1.93. The zero-order valence-electron chi connectivity index (χ0n) is 26.3. The molecule has 0 fully saturated rings. The summed E-state index contributed by atoms with van der Waals surface area (Å²) in [5.74, 6) is -1.05. The van der Waals surface area contributed by atoms with Gasteiger partial charge in [-0.1, -0.05) is 52.0 Å². The minimum atomic E-state index is -1.12. The summed E-state index contributed by atoms with van der Waals surface area (Å²) in [5, 5.41) is 9.78. The summed E-state index contributed by atoms with van der Waals surface area (Å²) in [6.07, 6.45) is 10.5. The third kappa shape index (κ3) is 8.54. The van der Waals surface area contributed by atoms with Crippen molar-refractivity contribution in [2.45, 2.75) is 58.9 Å². The number of hydrogen-bond acceptors (Lipinski definition) is 5. The molecule has 0 atom stereocenters. The molecule has 9 heteroatoms. The molecule has 0 spiro atoms. The maximum Gasteiger partial charge on any atom is 0.335 e. The average molecular weight is 590 g/mol. The highest BCUT2D eigenvalue weighted by Crippen LogP contribution is 2.29. The van der Waals surface area contributed by atoms with E-state index in [1.165, 1.54) is 12.1 Å². The molecular weight excluding hydrogens is 542 g/mol. The molecular formula is C34H47N5O4. The van der Waals surface area contributed by atoms with Crippen LogP contribution in [0.25, 0.3) is 11.4 Å². The van der Waals surface area contributed by atoms with Crippen molar-refractivity contribution in [1.29, 1.82) is 0 Å². The van der Waals surface area contributed by atoms with Crippen LogP contribution in [0.15, 0.2) is 60.9 Å². The average Bonchev–Trinajstić information content (AvgIpc) is 3.43. The van der Waals surface area contributed by atoms with Crippen LogP contribution in [0.4, 0.5) is 0 Å². The van der Waals surface area contributed by atoms with Crippen LogP contribution in [0.1, 0.15) is 83.6 Å². The van der Waals surface area contributed by atoms with Gasteiger partial charge in [0.15, 0.2) is 0 Å². The Hall–Kier alpha value is -3.98. The first-order valence-corrected chi connectivity index (χ1v) is 15.3. The number of unbranched alkanes of at least 4 members (excludes halogenated alkanes) is 2. The summed E-state index contributed by atoms with van der Waals surface area (Å²) in [6.45, 7) is 15.6. The van der Waals surface area contributed by atoms with Gasteiger partial charge in [-0.2, -0.15) is 0 Å². The van der Waals surface area contributed by atoms with Gasteiger partial charge in [0.25, 0.3) is 11.8 Å². The molecule has 232 valence electrons. The first-order chi connectivity index (χ1) is 20.6. The lowest BCUT2D eigenvalue weighted by atomic mass is 9.97. The van der Waals surface area contributed by atoms with E-state index < -0.39 is 5.97 Å². The highest BCUT2D eigenvalue weighted by molar-refractivity contribution is 6.03. The summed E-state index contributed by atoms with van der Waals surface area (Å²) in [7, 11) is 4.01. The van der Waals surface area contributed by atoms with Gasteiger partial charge in [-0.3, -0.25) is 9.59 Å². The van der Waals surface area contributed by atoms with Crippen LogP contribution in [-0.2, 0) is 6.54 Å². The topological polar surface area (TPSA) is 99.0 Å². The second kappa shape index (κ2) is 16.0. The number of amides is 2. The molecule has 0 radical (unpaired) electrons. The lowest BCUT2D eigenvalue weighted by Crippen LogP contribution is -2.37. The summed E-state index contributed by atoms with van der Waals surface area (Å²) in [6, 6.07) is 4.56. The summed E-state index contributed by atoms with van der Waals surface area (Å²) in [4.78, 5) is 50.3. The van der Waals surface area contributed by atoms with Crippen LogP contribution >= 0.6 is 0 Å². The molecule has 0 saturated heterocycles. The Morgan fingerprint density at radius 3 is 2.26 bits per heavy atom. The van der Waals surface area contributed by atoms with Crippen molar-refractivity contribution >= 4 is 17.8 Å². The van der Waals surface area contributed by atoms with Crippen molar-refractivity contribution in [2.75, 3.05) is 46.8 Å². The fourth-order valence-electron chi connectivity index (χ4n) is 5.26. The van der Waals surface area contributed by atoms with Crippen LogP contribution in [-0.4, -0.2) is 94.0 Å². The normalized spacial score (nSPS) is 13.4. The molecule has 1 aliphatic rings. The number of carboxylic acid groups (broad SMARTS) is 1. The number of rotatable bonds is 16. The number of carbonyl (C=O) groups is 3. The molecule has 1 aromatic carbocycles. The second-order valence-electron chi connectivity index (χ2n) is 11.3. The van der Waals surface area contributed by atoms with Crippen LogP contribution < -0.4 is 0 Å². The van der Waals surface area contributed by atoms with Crippen LogP contribution in [0.5, 0.6) is 0 Å². The van der Waals surface area contributed by atoms with Gasteiger partial charge in [-0.15, -0.1) is 0 Å². The first kappa shape index (κ1) is 33.5. The smallest absolute Gasteiger partial charge is 0.335 e. The van der Waals surface area contributed by atoms with Crippen molar-refractivity contribution < 1.29 is 19.5 Å². The van der Waals surface area contributed by atoms with E-state index in [4.69, 9.17) is 4.98 Å². The number of nitrogens with zero attached hydrogens (tertiary/aromatic N) is 5. The van der Waals surface area contributed by atoms with E-state index in [0.717, 1.165) is 49.8 Å². The molecule has 0 bridgehead atoms. The molecule has 2 aromatic rings. The van der Waals surface area contributed by atoms with E-state index in [2.05, 4.69) is 31.9 Å². The summed E-state index contributed by atoms with van der Waals surface area (Å²) in [5.41, 5.74) is 3.07. The van der Waals surface area contributed by atoms with Crippen LogP contribution in [0, 0.1) is 0 Å². The predicted octanol–water partition coefficient (Wildman–Crippen LogP) is 5.76. The number of carboxylic acids is 1. The third-order valence-corrected chi connectivity index (χ3v) is 7.79. The Labute approximate surface area is 256 Å². The van der Waals surface area contributed by atoms with Crippen LogP contribution in [0.3, 0.4) is 0 Å². The fraction of sp³-hybridized carbons (Fsp3) is 0.471. The Balaban J connectivity index is 2.11. The SMILES string of the molecule is C=CC1=C(C=C)CN(C(=O)c2cc(C(=O)O)ccc2-c2nc(C(=O)N(CCCC)CCCC)cn2CCCN(C)C)CC1. The Kier molecular flexibility index (Phi) is 12.5. The van der Waals surface area contributed by atoms with Gasteiger partial charge < -0.3 is 24.4 Å². The van der Waals surface area contributed by atoms with E-state index >= 15 is 0 Å². The zero-order chi connectivity index (χ0) is 31.5. The number of imidazole rings is 1. The fourth-order valence-corrected chi connectivity index (χ4v) is 5.26. The van der Waals surface area contributed by atoms with Gasteiger partial charge in [0.05, 0.1) is 11.1 Å². The van der Waals surface area contributed by atoms with Crippen molar-refractivity contribution in [3.05, 3.63) is 77.7 Å². The lowest BCUT2D eigenvalue weighted by Gasteiger charge is -2.30. The molecule has 3 rings (SSSR count). The molecule has 2 heterocycles. The molecule has 0 saturated carbocycles. The van der Waals surface area contributed by atoms with Crippen molar-refractivity contribution in [2.24, 2.45) is 0 Å². The number of aromatic carboxylic acids is 1. The predicted molar refractivity (Wildman–Crippen MR) is 171 cm³/mol. The van der Waals surface area contributed by atoms with Gasteiger partial charge in [0.1, 0.15) is 11.5 Å². The van der Waals surface area contributed by atoms with Crippen LogP contribution in [0.2, 0.25) is 0 Å². The molecule has 2 amide bonds. The number of carbonyl (C=O) groups excluding carboxylic acids is 2. The second-order valence-corrected chi connectivity index (χ2v) is 11.3. The number of allylic oxidation sites excluding steroid dienone is 1. The number of aryl methyl sites for hydroxylation is 1. The van der Waals surface area contributed by atoms with Gasteiger partial charge >= 0.3 is 5.97 Å². The first-order valence-electron chi connectivity index (χ1n) is 15.3. The highest BCUT2D eigenvalue weighted by Gasteiger charge is 2.28. The molecule has 43 heavy (non-hydrogen) atoms. The van der Waals surface area contributed by atoms with Gasteiger partial charge in [-0.25, -0.2) is 9.78 Å². The van der Waals surface area contributed by atoms with E-state index in [0.29, 0.717) is 56.2 Å². The van der Waals surface area contributed by atoms with E-state index in [1.54, 1.807) is 29.3 Å². The van der Waals surface area contributed by atoms with Gasteiger partial charge in [0.2, 0.25) is 0 Å². The Bertz CT molecular complexity index is 1350. The Morgan fingerprint density at radius 1 is 1.00 bits per heavy atom. The molecule has 1 N–H and O–H groups in total. The number of hydrogen-bond donors (Lipinski definition) is 1. The number of benzene rings is 1. The molecule has 0 unspecified atom stereocenters. The standard InChI is InChI=1S/C34H47N5O4/c1-7-11-18-37(19-12-8-2)33(41)30-24-38(20-13-17-36(5)6)31(35-30)28-15-14-27(34(42)43)22-29(28)32(40)39-21-16-25(9-3)26(10-4)23-39/h9-10,14-15,22,24H,3-4,7-8,11-13,16-21,23H2,1-2,5-6H3,(H,42,43). The van der Waals surface area contributed by atoms with Crippen molar-refractivity contribution in [3.63, 3.8) is 0 Å². The zero-order valence-corrected chi connectivity index (χ0v) is 26.3. The monoisotopic (exact) mass is 589 g/mol. The third-order valence-electron chi connectivity index (χ3n) is 7.79. The Morgan fingerprint density at radius 2 is 1.67 bits per heavy atom.